The standard InChI is InChI=1S/C15H21NO3S2/c1-4-11-8-13(21-10(11)3)14(17)16-6-7-20-9-12(16)15(18)19-5-2/h8,12H,4-7,9H2,1-3H3/t12-/m1/s1. The van der Waals surface area contributed by atoms with Gasteiger partial charge >= 0.3 is 5.97 Å². The van der Waals surface area contributed by atoms with Gasteiger partial charge in [0.1, 0.15) is 6.04 Å². The largest absolute Gasteiger partial charge is 0.464 e. The first kappa shape index (κ1) is 16.4. The number of thiophene rings is 1. The second-order valence-corrected chi connectivity index (χ2v) is 7.29. The van der Waals surface area contributed by atoms with E-state index in [0.717, 1.165) is 17.1 Å². The van der Waals surface area contributed by atoms with Crippen LogP contribution in [0.3, 0.4) is 0 Å². The van der Waals surface area contributed by atoms with Crippen molar-refractivity contribution in [3.63, 3.8) is 0 Å². The van der Waals surface area contributed by atoms with Gasteiger partial charge in [-0.1, -0.05) is 6.92 Å². The van der Waals surface area contributed by atoms with Gasteiger partial charge in [0, 0.05) is 22.9 Å². The maximum atomic E-state index is 12.7. The molecule has 21 heavy (non-hydrogen) atoms. The molecule has 116 valence electrons. The van der Waals surface area contributed by atoms with Gasteiger partial charge in [-0.3, -0.25) is 4.79 Å². The molecule has 0 bridgehead atoms. The summed E-state index contributed by atoms with van der Waals surface area (Å²) in [4.78, 5) is 28.4. The minimum atomic E-state index is -0.455. The van der Waals surface area contributed by atoms with Gasteiger partial charge in [0.05, 0.1) is 11.5 Å². The molecule has 4 nitrogen and oxygen atoms in total. The lowest BCUT2D eigenvalue weighted by Gasteiger charge is -2.33. The molecule has 0 N–H and O–H groups in total. The second-order valence-electron chi connectivity index (χ2n) is 4.89. The number of ether oxygens (including phenoxy) is 1. The van der Waals surface area contributed by atoms with Gasteiger partial charge in [0.25, 0.3) is 5.91 Å². The average Bonchev–Trinajstić information content (AvgIpc) is 2.88. The first-order valence-corrected chi connectivity index (χ1v) is 9.20. The molecule has 0 spiro atoms. The summed E-state index contributed by atoms with van der Waals surface area (Å²) in [6.07, 6.45) is 0.923. The van der Waals surface area contributed by atoms with Crippen LogP contribution in [0.25, 0.3) is 0 Å². The van der Waals surface area contributed by atoms with E-state index in [1.165, 1.54) is 21.8 Å². The molecule has 1 aliphatic heterocycles. The molecule has 1 fully saturated rings. The van der Waals surface area contributed by atoms with E-state index >= 15 is 0 Å². The fourth-order valence-electron chi connectivity index (χ4n) is 2.40. The first-order valence-electron chi connectivity index (χ1n) is 7.23. The van der Waals surface area contributed by atoms with E-state index in [0.29, 0.717) is 18.9 Å². The lowest BCUT2D eigenvalue weighted by molar-refractivity contribution is -0.147. The van der Waals surface area contributed by atoms with Crippen LogP contribution in [0.2, 0.25) is 0 Å². The van der Waals surface area contributed by atoms with Crippen LogP contribution in [0.15, 0.2) is 6.07 Å². The number of carbonyl (C=O) groups excluding carboxylic acids is 2. The molecule has 0 unspecified atom stereocenters. The molecule has 1 aliphatic rings. The van der Waals surface area contributed by atoms with E-state index in [9.17, 15) is 9.59 Å². The molecule has 1 amide bonds. The highest BCUT2D eigenvalue weighted by Gasteiger charge is 2.34. The van der Waals surface area contributed by atoms with Gasteiger partial charge in [-0.15, -0.1) is 11.3 Å². The Bertz CT molecular complexity index is 527. The number of nitrogens with zero attached hydrogens (tertiary/aromatic N) is 1. The third-order valence-corrected chi connectivity index (χ3v) is 5.66. The van der Waals surface area contributed by atoms with Crippen molar-refractivity contribution in [3.8, 4) is 0 Å². The highest BCUT2D eigenvalue weighted by atomic mass is 32.2. The number of carbonyl (C=O) groups is 2. The van der Waals surface area contributed by atoms with Crippen LogP contribution in [0.1, 0.15) is 34.0 Å². The number of thioether (sulfide) groups is 1. The minimum Gasteiger partial charge on any atom is -0.464 e. The number of hydrogen-bond donors (Lipinski definition) is 0. The van der Waals surface area contributed by atoms with Crippen molar-refractivity contribution in [3.05, 3.63) is 21.4 Å². The third-order valence-electron chi connectivity index (χ3n) is 3.56. The minimum absolute atomic E-state index is 0.0406. The number of rotatable bonds is 4. The lowest BCUT2D eigenvalue weighted by atomic mass is 10.2. The van der Waals surface area contributed by atoms with Gasteiger partial charge in [0.15, 0.2) is 0 Å². The average molecular weight is 327 g/mol. The Labute approximate surface area is 133 Å². The Balaban J connectivity index is 2.19. The van der Waals surface area contributed by atoms with Crippen molar-refractivity contribution < 1.29 is 14.3 Å². The molecule has 1 atom stereocenters. The molecule has 0 aromatic carbocycles. The molecular weight excluding hydrogens is 306 g/mol. The highest BCUT2D eigenvalue weighted by molar-refractivity contribution is 7.99. The van der Waals surface area contributed by atoms with Crippen molar-refractivity contribution in [2.24, 2.45) is 0 Å². The predicted octanol–water partition coefficient (Wildman–Crippen LogP) is 2.74. The Morgan fingerprint density at radius 1 is 1.43 bits per heavy atom. The van der Waals surface area contributed by atoms with E-state index in [1.54, 1.807) is 23.6 Å². The fourth-order valence-corrected chi connectivity index (χ4v) is 4.50. The van der Waals surface area contributed by atoms with Gasteiger partial charge in [-0.05, 0) is 31.9 Å². The van der Waals surface area contributed by atoms with Crippen LogP contribution < -0.4 is 0 Å². The number of amides is 1. The van der Waals surface area contributed by atoms with Crippen LogP contribution in [-0.2, 0) is 16.0 Å². The summed E-state index contributed by atoms with van der Waals surface area (Å²) in [5.74, 6) is 1.16. The van der Waals surface area contributed by atoms with Crippen molar-refractivity contribution in [2.45, 2.75) is 33.2 Å². The van der Waals surface area contributed by atoms with Crippen LogP contribution in [0.4, 0.5) is 0 Å². The Kier molecular flexibility index (Phi) is 5.70. The predicted molar refractivity (Wildman–Crippen MR) is 87.2 cm³/mol. The Morgan fingerprint density at radius 2 is 2.19 bits per heavy atom. The first-order chi connectivity index (χ1) is 10.1. The van der Waals surface area contributed by atoms with Crippen LogP contribution in [0.5, 0.6) is 0 Å². The van der Waals surface area contributed by atoms with E-state index in [-0.39, 0.29) is 11.9 Å². The summed E-state index contributed by atoms with van der Waals surface area (Å²) in [6.45, 7) is 6.86. The molecule has 2 heterocycles. The van der Waals surface area contributed by atoms with Gasteiger partial charge in [-0.2, -0.15) is 11.8 Å². The van der Waals surface area contributed by atoms with Crippen LogP contribution >= 0.6 is 23.1 Å². The van der Waals surface area contributed by atoms with E-state index in [2.05, 4.69) is 6.92 Å². The van der Waals surface area contributed by atoms with Gasteiger partial charge < -0.3 is 9.64 Å². The Morgan fingerprint density at radius 3 is 2.81 bits per heavy atom. The molecule has 0 saturated carbocycles. The molecule has 1 aromatic rings. The number of aryl methyl sites for hydroxylation is 2. The summed E-state index contributed by atoms with van der Waals surface area (Å²) < 4.78 is 5.10. The second kappa shape index (κ2) is 7.31. The molecule has 0 radical (unpaired) electrons. The maximum Gasteiger partial charge on any atom is 0.329 e. The maximum absolute atomic E-state index is 12.7. The van der Waals surface area contributed by atoms with Crippen molar-refractivity contribution in [2.75, 3.05) is 24.7 Å². The Hall–Kier alpha value is -1.01. The van der Waals surface area contributed by atoms with Gasteiger partial charge in [-0.25, -0.2) is 4.79 Å². The summed E-state index contributed by atoms with van der Waals surface area (Å²) in [6, 6.07) is 1.51. The lowest BCUT2D eigenvalue weighted by Crippen LogP contribution is -2.50. The molecule has 1 saturated heterocycles. The monoisotopic (exact) mass is 327 g/mol. The van der Waals surface area contributed by atoms with Crippen molar-refractivity contribution >= 4 is 35.0 Å². The number of esters is 1. The third kappa shape index (κ3) is 3.61. The summed E-state index contributed by atoms with van der Waals surface area (Å²) in [7, 11) is 0. The van der Waals surface area contributed by atoms with E-state index < -0.39 is 6.04 Å². The highest BCUT2D eigenvalue weighted by Crippen LogP contribution is 2.26. The van der Waals surface area contributed by atoms with Crippen LogP contribution in [-0.4, -0.2) is 47.5 Å². The molecule has 0 aliphatic carbocycles. The molecule has 2 rings (SSSR count). The van der Waals surface area contributed by atoms with Crippen molar-refractivity contribution in [1.29, 1.82) is 0 Å². The van der Waals surface area contributed by atoms with Crippen LogP contribution in [0, 0.1) is 6.92 Å². The SMILES string of the molecule is CCOC(=O)[C@H]1CSCCN1C(=O)c1cc(CC)c(C)s1. The summed E-state index contributed by atoms with van der Waals surface area (Å²) in [5.41, 5.74) is 1.21. The number of hydrogen-bond acceptors (Lipinski definition) is 5. The zero-order valence-electron chi connectivity index (χ0n) is 12.7. The molecule has 6 heteroatoms. The summed E-state index contributed by atoms with van der Waals surface area (Å²) in [5, 5.41) is 0. The summed E-state index contributed by atoms with van der Waals surface area (Å²) >= 11 is 3.21. The zero-order valence-corrected chi connectivity index (χ0v) is 14.3. The normalized spacial score (nSPS) is 18.6. The fraction of sp³-hybridized carbons (Fsp3) is 0.600. The van der Waals surface area contributed by atoms with E-state index in [4.69, 9.17) is 4.74 Å². The zero-order chi connectivity index (χ0) is 15.4. The van der Waals surface area contributed by atoms with E-state index in [1.807, 2.05) is 13.0 Å². The molecular formula is C15H21NO3S2. The molecule has 1 aromatic heterocycles. The van der Waals surface area contributed by atoms with Crippen molar-refractivity contribution in [1.82, 2.24) is 4.90 Å². The smallest absolute Gasteiger partial charge is 0.329 e. The quantitative estimate of drug-likeness (QED) is 0.798. The topological polar surface area (TPSA) is 46.6 Å². The van der Waals surface area contributed by atoms with Gasteiger partial charge in [0.2, 0.25) is 0 Å².